The molecule has 3 rings (SSSR count). The normalized spacial score (nSPS) is 11.2. The van der Waals surface area contributed by atoms with Crippen LogP contribution in [0.5, 0.6) is 0 Å². The molecule has 0 aliphatic rings. The summed E-state index contributed by atoms with van der Waals surface area (Å²) in [4.78, 5) is 20.3. The van der Waals surface area contributed by atoms with E-state index in [1.807, 2.05) is 6.07 Å². The van der Waals surface area contributed by atoms with E-state index in [4.69, 9.17) is 5.73 Å². The van der Waals surface area contributed by atoms with Crippen molar-refractivity contribution >= 4 is 11.9 Å². The zero-order valence-corrected chi connectivity index (χ0v) is 14.0. The van der Waals surface area contributed by atoms with E-state index in [0.717, 1.165) is 11.6 Å². The summed E-state index contributed by atoms with van der Waals surface area (Å²) in [6.45, 7) is -0.293. The Morgan fingerprint density at radius 2 is 1.67 bits per heavy atom. The van der Waals surface area contributed by atoms with Gasteiger partial charge in [-0.3, -0.25) is 4.79 Å². The van der Waals surface area contributed by atoms with E-state index < -0.39 is 17.6 Å². The monoisotopic (exact) mass is 372 g/mol. The quantitative estimate of drug-likeness (QED) is 0.732. The standard InChI is InChI=1S/C19H15F3N4O/c20-19(21,22)14-9-5-4-8-13(14)11-24-17(27)16-10-15(25-18(23)26-16)12-6-2-1-3-7-12/h1-10H,11H2,(H,24,27)(H2,23,25,26). The molecule has 3 aromatic rings. The molecule has 138 valence electrons. The van der Waals surface area contributed by atoms with E-state index in [9.17, 15) is 18.0 Å². The lowest BCUT2D eigenvalue weighted by Gasteiger charge is -2.13. The number of anilines is 1. The summed E-state index contributed by atoms with van der Waals surface area (Å²) in [6.07, 6.45) is -4.50. The van der Waals surface area contributed by atoms with Gasteiger partial charge >= 0.3 is 6.18 Å². The number of nitrogens with two attached hydrogens (primary N) is 1. The van der Waals surface area contributed by atoms with Crippen molar-refractivity contribution in [2.75, 3.05) is 5.73 Å². The van der Waals surface area contributed by atoms with Crippen LogP contribution in [0, 0.1) is 0 Å². The van der Waals surface area contributed by atoms with Gasteiger partial charge in [0.2, 0.25) is 5.95 Å². The van der Waals surface area contributed by atoms with Gasteiger partial charge in [0.1, 0.15) is 5.69 Å². The lowest BCUT2D eigenvalue weighted by atomic mass is 10.1. The Labute approximate surface area is 153 Å². The summed E-state index contributed by atoms with van der Waals surface area (Å²) >= 11 is 0. The van der Waals surface area contributed by atoms with E-state index in [-0.39, 0.29) is 23.8 Å². The van der Waals surface area contributed by atoms with Gasteiger partial charge in [0.25, 0.3) is 5.91 Å². The maximum absolute atomic E-state index is 13.0. The average molecular weight is 372 g/mol. The predicted molar refractivity (Wildman–Crippen MR) is 94.5 cm³/mol. The van der Waals surface area contributed by atoms with Crippen LogP contribution in [-0.2, 0) is 12.7 Å². The van der Waals surface area contributed by atoms with E-state index in [1.165, 1.54) is 24.3 Å². The summed E-state index contributed by atoms with van der Waals surface area (Å²) < 4.78 is 39.1. The minimum atomic E-state index is -4.50. The van der Waals surface area contributed by atoms with E-state index in [1.54, 1.807) is 24.3 Å². The number of nitrogen functional groups attached to an aromatic ring is 1. The number of rotatable bonds is 4. The molecule has 0 radical (unpaired) electrons. The first-order chi connectivity index (χ1) is 12.8. The molecular formula is C19H15F3N4O. The Kier molecular flexibility index (Phi) is 5.07. The topological polar surface area (TPSA) is 80.9 Å². The van der Waals surface area contributed by atoms with Gasteiger partial charge in [-0.05, 0) is 17.7 Å². The van der Waals surface area contributed by atoms with Crippen LogP contribution in [0.1, 0.15) is 21.6 Å². The highest BCUT2D eigenvalue weighted by Gasteiger charge is 2.32. The maximum atomic E-state index is 13.0. The number of alkyl halides is 3. The van der Waals surface area contributed by atoms with Gasteiger partial charge in [-0.2, -0.15) is 13.2 Å². The number of nitrogens with zero attached hydrogens (tertiary/aromatic N) is 2. The summed E-state index contributed by atoms with van der Waals surface area (Å²) in [7, 11) is 0. The molecule has 2 aromatic carbocycles. The molecule has 0 saturated heterocycles. The molecule has 1 aromatic heterocycles. The molecule has 0 unspecified atom stereocenters. The molecule has 0 aliphatic carbocycles. The molecule has 5 nitrogen and oxygen atoms in total. The Morgan fingerprint density at radius 3 is 2.37 bits per heavy atom. The highest BCUT2D eigenvalue weighted by molar-refractivity contribution is 5.93. The molecule has 0 spiro atoms. The lowest BCUT2D eigenvalue weighted by molar-refractivity contribution is -0.138. The van der Waals surface area contributed by atoms with Crippen LogP contribution in [0.15, 0.2) is 60.7 Å². The molecule has 1 heterocycles. The highest BCUT2D eigenvalue weighted by atomic mass is 19.4. The smallest absolute Gasteiger partial charge is 0.368 e. The first kappa shape index (κ1) is 18.4. The lowest BCUT2D eigenvalue weighted by Crippen LogP contribution is -2.26. The second kappa shape index (κ2) is 7.45. The Bertz CT molecular complexity index is 959. The predicted octanol–water partition coefficient (Wildman–Crippen LogP) is 3.67. The third-order valence-electron chi connectivity index (χ3n) is 3.81. The Balaban J connectivity index is 1.81. The number of aromatic nitrogens is 2. The maximum Gasteiger partial charge on any atom is 0.416 e. The van der Waals surface area contributed by atoms with Crippen molar-refractivity contribution in [2.24, 2.45) is 0 Å². The molecule has 0 saturated carbocycles. The van der Waals surface area contributed by atoms with Crippen LogP contribution < -0.4 is 11.1 Å². The van der Waals surface area contributed by atoms with Crippen molar-refractivity contribution < 1.29 is 18.0 Å². The van der Waals surface area contributed by atoms with Crippen molar-refractivity contribution in [1.82, 2.24) is 15.3 Å². The summed E-state index contributed by atoms with van der Waals surface area (Å²) in [5.74, 6) is -0.740. The van der Waals surface area contributed by atoms with E-state index in [0.29, 0.717) is 5.69 Å². The second-order valence-electron chi connectivity index (χ2n) is 5.70. The van der Waals surface area contributed by atoms with Gasteiger partial charge in [0.05, 0.1) is 11.3 Å². The fourth-order valence-corrected chi connectivity index (χ4v) is 2.56. The average Bonchev–Trinajstić information content (AvgIpc) is 2.66. The number of carbonyl (C=O) groups is 1. The van der Waals surface area contributed by atoms with Crippen molar-refractivity contribution in [3.8, 4) is 11.3 Å². The summed E-state index contributed by atoms with van der Waals surface area (Å²) in [6, 6.07) is 15.5. The van der Waals surface area contributed by atoms with Gasteiger partial charge in [-0.25, -0.2) is 9.97 Å². The van der Waals surface area contributed by atoms with Crippen molar-refractivity contribution in [3.63, 3.8) is 0 Å². The van der Waals surface area contributed by atoms with Crippen molar-refractivity contribution in [2.45, 2.75) is 12.7 Å². The first-order valence-electron chi connectivity index (χ1n) is 7.98. The van der Waals surface area contributed by atoms with Gasteiger partial charge in [0.15, 0.2) is 0 Å². The van der Waals surface area contributed by atoms with Crippen LogP contribution >= 0.6 is 0 Å². The minimum absolute atomic E-state index is 0.0224. The molecule has 0 bridgehead atoms. The summed E-state index contributed by atoms with van der Waals surface area (Å²) in [5, 5.41) is 2.45. The highest BCUT2D eigenvalue weighted by Crippen LogP contribution is 2.31. The van der Waals surface area contributed by atoms with E-state index in [2.05, 4.69) is 15.3 Å². The Morgan fingerprint density at radius 1 is 1.00 bits per heavy atom. The zero-order chi connectivity index (χ0) is 19.4. The number of carbonyl (C=O) groups excluding carboxylic acids is 1. The third kappa shape index (κ3) is 4.41. The SMILES string of the molecule is Nc1nc(C(=O)NCc2ccccc2C(F)(F)F)cc(-c2ccccc2)n1. The number of amides is 1. The molecule has 1 amide bonds. The number of nitrogens with one attached hydrogen (secondary N) is 1. The fourth-order valence-electron chi connectivity index (χ4n) is 2.56. The van der Waals surface area contributed by atoms with Gasteiger partial charge in [0, 0.05) is 12.1 Å². The number of hydrogen-bond donors (Lipinski definition) is 2. The van der Waals surface area contributed by atoms with Gasteiger partial charge in [-0.1, -0.05) is 48.5 Å². The second-order valence-corrected chi connectivity index (χ2v) is 5.70. The zero-order valence-electron chi connectivity index (χ0n) is 14.0. The largest absolute Gasteiger partial charge is 0.416 e. The molecule has 27 heavy (non-hydrogen) atoms. The van der Waals surface area contributed by atoms with Crippen molar-refractivity contribution in [1.29, 1.82) is 0 Å². The number of halogens is 3. The third-order valence-corrected chi connectivity index (χ3v) is 3.81. The van der Waals surface area contributed by atoms with Crippen molar-refractivity contribution in [3.05, 3.63) is 77.5 Å². The van der Waals surface area contributed by atoms with Gasteiger partial charge in [-0.15, -0.1) is 0 Å². The van der Waals surface area contributed by atoms with E-state index >= 15 is 0 Å². The number of hydrogen-bond acceptors (Lipinski definition) is 4. The molecular weight excluding hydrogens is 357 g/mol. The fraction of sp³-hybridized carbons (Fsp3) is 0.105. The van der Waals surface area contributed by atoms with Crippen LogP contribution in [0.4, 0.5) is 19.1 Å². The van der Waals surface area contributed by atoms with Crippen LogP contribution in [0.25, 0.3) is 11.3 Å². The Hall–Kier alpha value is -3.42. The molecule has 0 fully saturated rings. The van der Waals surface area contributed by atoms with Crippen LogP contribution in [0.3, 0.4) is 0 Å². The van der Waals surface area contributed by atoms with Crippen LogP contribution in [0.2, 0.25) is 0 Å². The molecule has 3 N–H and O–H groups in total. The minimum Gasteiger partial charge on any atom is -0.368 e. The molecule has 8 heteroatoms. The molecule has 0 aliphatic heterocycles. The number of benzene rings is 2. The van der Waals surface area contributed by atoms with Gasteiger partial charge < -0.3 is 11.1 Å². The first-order valence-corrected chi connectivity index (χ1v) is 7.98. The molecule has 0 atom stereocenters. The summed E-state index contributed by atoms with van der Waals surface area (Å²) in [5.41, 5.74) is 6.00. The van der Waals surface area contributed by atoms with Crippen LogP contribution in [-0.4, -0.2) is 15.9 Å².